The molecule has 2 heterocycles. The molecule has 0 aromatic carbocycles. The number of aliphatic hydroxyl groups excluding tert-OH is 1. The van der Waals surface area contributed by atoms with Gasteiger partial charge in [0.15, 0.2) is 12.1 Å². The summed E-state index contributed by atoms with van der Waals surface area (Å²) < 4.78 is 17.5. The van der Waals surface area contributed by atoms with Crippen molar-refractivity contribution in [2.45, 2.75) is 65.0 Å². The Hall–Kier alpha value is -1.73. The first-order valence-electron chi connectivity index (χ1n) is 10.5. The average molecular weight is 404 g/mol. The maximum Gasteiger partial charge on any atom is 0.320 e. The Balaban J connectivity index is 1.75. The summed E-state index contributed by atoms with van der Waals surface area (Å²) in [5.74, 6) is -2.38. The minimum Gasteiger partial charge on any atom is -0.462 e. The normalized spacial score (nSPS) is 49.7. The molecule has 2 saturated heterocycles. The maximum atomic E-state index is 13.4. The van der Waals surface area contributed by atoms with Gasteiger partial charge in [0.05, 0.1) is 6.61 Å². The molecule has 8 atom stereocenters. The van der Waals surface area contributed by atoms with Crippen LogP contribution < -0.4 is 0 Å². The highest BCUT2D eigenvalue weighted by atomic mass is 16.6. The maximum absolute atomic E-state index is 13.4. The Morgan fingerprint density at radius 1 is 1.28 bits per heavy atom. The third kappa shape index (κ3) is 2.13. The molecule has 7 nitrogen and oxygen atoms in total. The minimum absolute atomic E-state index is 0.175. The Morgan fingerprint density at radius 3 is 2.69 bits per heavy atom. The number of ketones is 1. The fourth-order valence-corrected chi connectivity index (χ4v) is 7.64. The second kappa shape index (κ2) is 5.70. The third-order valence-electron chi connectivity index (χ3n) is 8.55. The number of carbonyl (C=O) groups excluding carboxylic acids is 3. The SMILES string of the molecule is C=C1C(=O)[C@]23C[C@H]1C[C@@H](OC(C)=O)[C@H]2[C@@]12CO[C@@H](O)[C@@H]1C(C)(C)CC[C@@H]2OC3=O. The van der Waals surface area contributed by atoms with Crippen LogP contribution in [0.15, 0.2) is 12.2 Å². The van der Waals surface area contributed by atoms with E-state index in [0.29, 0.717) is 24.8 Å². The number of hydrogen-bond acceptors (Lipinski definition) is 7. The minimum atomic E-state index is -1.41. The van der Waals surface area contributed by atoms with E-state index in [0.717, 1.165) is 6.42 Å². The van der Waals surface area contributed by atoms with Gasteiger partial charge in [-0.15, -0.1) is 0 Å². The highest BCUT2D eigenvalue weighted by Crippen LogP contribution is 2.71. The zero-order valence-corrected chi connectivity index (χ0v) is 17.1. The molecular weight excluding hydrogens is 376 g/mol. The van der Waals surface area contributed by atoms with E-state index in [9.17, 15) is 19.5 Å². The third-order valence-corrected chi connectivity index (χ3v) is 8.55. The standard InChI is InChI=1S/C22H28O7/c1-10-12-7-13(28-11(2)23)15-21(8-12,17(10)24)19(26)29-14-5-6-20(3,4)16-18(25)27-9-22(14,15)16/h12-16,18,25H,1,5-9H2,2-4H3/t12-,13-,14+,15-,16-,18-,21+,22+/m1/s1. The molecule has 2 spiro atoms. The lowest BCUT2D eigenvalue weighted by molar-refractivity contribution is -0.254. The molecule has 0 unspecified atom stereocenters. The summed E-state index contributed by atoms with van der Waals surface area (Å²) >= 11 is 0. The summed E-state index contributed by atoms with van der Waals surface area (Å²) in [5.41, 5.74) is -2.05. The summed E-state index contributed by atoms with van der Waals surface area (Å²) in [7, 11) is 0. The van der Waals surface area contributed by atoms with Crippen LogP contribution in [0.3, 0.4) is 0 Å². The second-order valence-electron chi connectivity index (χ2n) is 10.3. The van der Waals surface area contributed by atoms with Crippen LogP contribution in [0.2, 0.25) is 0 Å². The van der Waals surface area contributed by atoms with E-state index < -0.39 is 47.2 Å². The molecule has 0 radical (unpaired) electrons. The topological polar surface area (TPSA) is 99.1 Å². The van der Waals surface area contributed by atoms with E-state index in [2.05, 4.69) is 20.4 Å². The molecule has 29 heavy (non-hydrogen) atoms. The van der Waals surface area contributed by atoms with Crippen molar-refractivity contribution in [2.24, 2.45) is 34.0 Å². The number of aliphatic hydroxyl groups is 1. The van der Waals surface area contributed by atoms with Crippen LogP contribution in [-0.4, -0.2) is 47.9 Å². The molecule has 158 valence electrons. The number of ether oxygens (including phenoxy) is 3. The average Bonchev–Trinajstić information content (AvgIpc) is 3.08. The number of allylic oxidation sites excluding steroid dienone is 1. The number of carbonyl (C=O) groups is 3. The molecular formula is C22H28O7. The van der Waals surface area contributed by atoms with E-state index in [-0.39, 0.29) is 29.6 Å². The van der Waals surface area contributed by atoms with E-state index in [1.807, 2.05) is 0 Å². The Labute approximate surface area is 169 Å². The van der Waals surface area contributed by atoms with Crippen molar-refractivity contribution in [3.8, 4) is 0 Å². The van der Waals surface area contributed by atoms with Crippen LogP contribution in [0.25, 0.3) is 0 Å². The van der Waals surface area contributed by atoms with Gasteiger partial charge in [-0.25, -0.2) is 0 Å². The number of esters is 2. The summed E-state index contributed by atoms with van der Waals surface area (Å²) in [6, 6.07) is 0. The van der Waals surface area contributed by atoms with Gasteiger partial charge < -0.3 is 19.3 Å². The van der Waals surface area contributed by atoms with Crippen molar-refractivity contribution in [1.82, 2.24) is 0 Å². The van der Waals surface area contributed by atoms with Gasteiger partial charge in [-0.1, -0.05) is 20.4 Å². The Kier molecular flexibility index (Phi) is 3.78. The van der Waals surface area contributed by atoms with Crippen LogP contribution in [0.5, 0.6) is 0 Å². The van der Waals surface area contributed by atoms with E-state index in [4.69, 9.17) is 14.2 Å². The number of hydrogen-bond donors (Lipinski definition) is 1. The molecule has 7 heteroatoms. The van der Waals surface area contributed by atoms with Gasteiger partial charge in [0.25, 0.3) is 0 Å². The Bertz CT molecular complexity index is 831. The molecule has 0 aromatic heterocycles. The largest absolute Gasteiger partial charge is 0.462 e. The molecule has 0 aromatic rings. The number of rotatable bonds is 1. The first kappa shape index (κ1) is 19.2. The van der Waals surface area contributed by atoms with Crippen LogP contribution in [-0.2, 0) is 28.6 Å². The lowest BCUT2D eigenvalue weighted by Crippen LogP contribution is -2.71. The van der Waals surface area contributed by atoms with Gasteiger partial charge >= 0.3 is 11.9 Å². The molecule has 3 aliphatic carbocycles. The van der Waals surface area contributed by atoms with Crippen LogP contribution >= 0.6 is 0 Å². The quantitative estimate of drug-likeness (QED) is 0.404. The molecule has 5 rings (SSSR count). The molecule has 0 amide bonds. The lowest BCUT2D eigenvalue weighted by atomic mass is 9.43. The van der Waals surface area contributed by atoms with Crippen molar-refractivity contribution in [3.63, 3.8) is 0 Å². The molecule has 3 saturated carbocycles. The van der Waals surface area contributed by atoms with Crippen molar-refractivity contribution in [1.29, 1.82) is 0 Å². The first-order valence-corrected chi connectivity index (χ1v) is 10.5. The fourth-order valence-electron chi connectivity index (χ4n) is 7.64. The molecule has 1 N–H and O–H groups in total. The van der Waals surface area contributed by atoms with E-state index in [1.54, 1.807) is 0 Å². The molecule has 5 aliphatic rings. The van der Waals surface area contributed by atoms with Crippen LogP contribution in [0.1, 0.15) is 46.5 Å². The predicted octanol–water partition coefficient (Wildman–Crippen LogP) is 1.77. The summed E-state index contributed by atoms with van der Waals surface area (Å²) in [4.78, 5) is 38.8. The van der Waals surface area contributed by atoms with E-state index in [1.165, 1.54) is 6.92 Å². The molecule has 2 aliphatic heterocycles. The van der Waals surface area contributed by atoms with Crippen LogP contribution in [0, 0.1) is 34.0 Å². The zero-order chi connectivity index (χ0) is 20.9. The highest BCUT2D eigenvalue weighted by molar-refractivity contribution is 6.15. The van der Waals surface area contributed by atoms with Gasteiger partial charge in [0.2, 0.25) is 0 Å². The second-order valence-corrected chi connectivity index (χ2v) is 10.3. The summed E-state index contributed by atoms with van der Waals surface area (Å²) in [6.45, 7) is 9.65. The summed E-state index contributed by atoms with van der Waals surface area (Å²) in [6.07, 6.45) is 0.0808. The molecule has 2 bridgehead atoms. The number of fused-ring (bicyclic) bond motifs is 1. The smallest absolute Gasteiger partial charge is 0.320 e. The van der Waals surface area contributed by atoms with Crippen molar-refractivity contribution < 1.29 is 33.7 Å². The van der Waals surface area contributed by atoms with E-state index >= 15 is 0 Å². The fraction of sp³-hybridized carbons (Fsp3) is 0.773. The van der Waals surface area contributed by atoms with Gasteiger partial charge in [-0.2, -0.15) is 0 Å². The summed E-state index contributed by atoms with van der Waals surface area (Å²) in [5, 5.41) is 10.8. The van der Waals surface area contributed by atoms with Crippen molar-refractivity contribution in [3.05, 3.63) is 12.2 Å². The van der Waals surface area contributed by atoms with Gasteiger partial charge in [-0.3, -0.25) is 14.4 Å². The van der Waals surface area contributed by atoms with Gasteiger partial charge in [-0.05, 0) is 42.6 Å². The van der Waals surface area contributed by atoms with Crippen LogP contribution in [0.4, 0.5) is 0 Å². The van der Waals surface area contributed by atoms with Gasteiger partial charge in [0.1, 0.15) is 17.6 Å². The first-order chi connectivity index (χ1) is 13.6. The highest BCUT2D eigenvalue weighted by Gasteiger charge is 2.79. The Morgan fingerprint density at radius 2 is 2.00 bits per heavy atom. The monoisotopic (exact) mass is 404 g/mol. The predicted molar refractivity (Wildman–Crippen MR) is 99.1 cm³/mol. The van der Waals surface area contributed by atoms with Gasteiger partial charge in [0, 0.05) is 24.2 Å². The zero-order valence-electron chi connectivity index (χ0n) is 17.1. The number of Topliss-reactive ketones (excluding diaryl/α,β-unsaturated/α-hetero) is 1. The van der Waals surface area contributed by atoms with Crippen molar-refractivity contribution in [2.75, 3.05) is 6.61 Å². The molecule has 5 fully saturated rings. The van der Waals surface area contributed by atoms with Crippen molar-refractivity contribution >= 4 is 17.7 Å². The lowest BCUT2D eigenvalue weighted by Gasteiger charge is -2.62.